The highest BCUT2D eigenvalue weighted by atomic mass is 16.7. The molecule has 7 nitrogen and oxygen atoms in total. The smallest absolute Gasteiger partial charge is 0.410 e. The summed E-state index contributed by atoms with van der Waals surface area (Å²) in [6.45, 7) is 0.782. The van der Waals surface area contributed by atoms with E-state index in [9.17, 15) is 4.79 Å². The van der Waals surface area contributed by atoms with Gasteiger partial charge in [0.15, 0.2) is 23.0 Å². The van der Waals surface area contributed by atoms with Crippen molar-refractivity contribution in [2.24, 2.45) is 0 Å². The van der Waals surface area contributed by atoms with Crippen molar-refractivity contribution in [3.05, 3.63) is 34.9 Å². The van der Waals surface area contributed by atoms with Crippen LogP contribution in [-0.4, -0.2) is 45.7 Å². The van der Waals surface area contributed by atoms with Gasteiger partial charge in [0.1, 0.15) is 0 Å². The Morgan fingerprint density at radius 2 is 1.96 bits per heavy atom. The van der Waals surface area contributed by atoms with Crippen LogP contribution in [0.25, 0.3) is 11.1 Å². The van der Waals surface area contributed by atoms with Crippen molar-refractivity contribution in [1.82, 2.24) is 4.90 Å². The fourth-order valence-electron chi connectivity index (χ4n) is 4.67. The Kier molecular flexibility index (Phi) is 3.79. The number of methoxy groups -OCH3 is 3. The third-order valence-corrected chi connectivity index (χ3v) is 5.82. The number of hydrogen-bond donors (Lipinski definition) is 0. The average molecular weight is 383 g/mol. The van der Waals surface area contributed by atoms with Crippen molar-refractivity contribution in [2.75, 3.05) is 34.7 Å². The van der Waals surface area contributed by atoms with E-state index in [-0.39, 0.29) is 18.9 Å². The molecule has 0 N–H and O–H groups in total. The first kappa shape index (κ1) is 17.0. The Labute approximate surface area is 162 Å². The number of fused-ring (bicyclic) bond motifs is 4. The summed E-state index contributed by atoms with van der Waals surface area (Å²) in [6, 6.07) is 5.85. The Hall–Kier alpha value is -3.09. The number of carbonyl (C=O) groups is 1. The molecule has 2 aromatic rings. The Morgan fingerprint density at radius 1 is 1.11 bits per heavy atom. The summed E-state index contributed by atoms with van der Waals surface area (Å²) in [7, 11) is 4.68. The molecular formula is C21H21NO6. The zero-order valence-electron chi connectivity index (χ0n) is 16.0. The lowest BCUT2D eigenvalue weighted by Crippen LogP contribution is -2.42. The second kappa shape index (κ2) is 6.22. The summed E-state index contributed by atoms with van der Waals surface area (Å²) in [4.78, 5) is 14.3. The highest BCUT2D eigenvalue weighted by molar-refractivity contribution is 5.89. The van der Waals surface area contributed by atoms with Crippen LogP contribution in [0.3, 0.4) is 0 Å². The molecule has 0 bridgehead atoms. The van der Waals surface area contributed by atoms with Gasteiger partial charge in [-0.2, -0.15) is 0 Å². The standard InChI is InChI=1S/C21H21NO6/c1-24-14-5-4-11-8-13-16-12(6-7-22(13)21(23)26-3)9-15-20(28-10-27-15)18(16)17(11)19(14)25-2/h4-5,9,13H,6-8,10H2,1-3H3/t13-/m0/s1. The summed E-state index contributed by atoms with van der Waals surface area (Å²) < 4.78 is 27.9. The third kappa shape index (κ3) is 2.19. The number of hydrogen-bond acceptors (Lipinski definition) is 6. The Bertz CT molecular complexity index is 986. The van der Waals surface area contributed by atoms with Crippen molar-refractivity contribution < 1.29 is 28.5 Å². The van der Waals surface area contributed by atoms with Gasteiger partial charge in [-0.15, -0.1) is 0 Å². The summed E-state index contributed by atoms with van der Waals surface area (Å²) in [5, 5.41) is 0. The van der Waals surface area contributed by atoms with Gasteiger partial charge < -0.3 is 28.6 Å². The normalized spacial score (nSPS) is 18.2. The molecular weight excluding hydrogens is 362 g/mol. The van der Waals surface area contributed by atoms with Crippen LogP contribution in [-0.2, 0) is 17.6 Å². The number of benzene rings is 2. The molecule has 7 heteroatoms. The molecule has 0 radical (unpaired) electrons. The van der Waals surface area contributed by atoms with E-state index in [1.165, 1.54) is 12.7 Å². The summed E-state index contributed by atoms with van der Waals surface area (Å²) in [5.74, 6) is 2.75. The zero-order valence-corrected chi connectivity index (χ0v) is 16.0. The van der Waals surface area contributed by atoms with Crippen LogP contribution < -0.4 is 18.9 Å². The minimum atomic E-state index is -0.316. The lowest BCUT2D eigenvalue weighted by molar-refractivity contribution is 0.100. The van der Waals surface area contributed by atoms with E-state index >= 15 is 0 Å². The number of amides is 1. The molecule has 2 aromatic carbocycles. The van der Waals surface area contributed by atoms with Crippen LogP contribution in [0.15, 0.2) is 18.2 Å². The minimum absolute atomic E-state index is 0.119. The van der Waals surface area contributed by atoms with Crippen LogP contribution in [0.5, 0.6) is 23.0 Å². The second-order valence-corrected chi connectivity index (χ2v) is 7.03. The lowest BCUT2D eigenvalue weighted by atomic mass is 9.76. The van der Waals surface area contributed by atoms with Gasteiger partial charge in [-0.25, -0.2) is 4.79 Å². The van der Waals surface area contributed by atoms with Gasteiger partial charge in [0.05, 0.1) is 27.4 Å². The van der Waals surface area contributed by atoms with Crippen LogP contribution in [0, 0.1) is 0 Å². The molecule has 2 aliphatic heterocycles. The molecule has 0 saturated carbocycles. The summed E-state index contributed by atoms with van der Waals surface area (Å²) in [5.41, 5.74) is 5.20. The lowest BCUT2D eigenvalue weighted by Gasteiger charge is -2.41. The fraction of sp³-hybridized carbons (Fsp3) is 0.381. The van der Waals surface area contributed by atoms with E-state index in [1.807, 2.05) is 18.2 Å². The monoisotopic (exact) mass is 383 g/mol. The van der Waals surface area contributed by atoms with E-state index in [0.717, 1.165) is 34.4 Å². The van der Waals surface area contributed by atoms with Crippen LogP contribution in [0.2, 0.25) is 0 Å². The topological polar surface area (TPSA) is 66.5 Å². The Morgan fingerprint density at radius 3 is 2.71 bits per heavy atom. The van der Waals surface area contributed by atoms with Crippen LogP contribution in [0.1, 0.15) is 22.7 Å². The number of rotatable bonds is 2. The molecule has 1 amide bonds. The van der Waals surface area contributed by atoms with Gasteiger partial charge in [-0.3, -0.25) is 0 Å². The molecule has 0 saturated heterocycles. The van der Waals surface area contributed by atoms with Crippen molar-refractivity contribution in [3.63, 3.8) is 0 Å². The molecule has 2 heterocycles. The van der Waals surface area contributed by atoms with Crippen molar-refractivity contribution >= 4 is 6.09 Å². The maximum atomic E-state index is 12.5. The predicted molar refractivity (Wildman–Crippen MR) is 100 cm³/mol. The zero-order chi connectivity index (χ0) is 19.4. The van der Waals surface area contributed by atoms with Gasteiger partial charge >= 0.3 is 6.09 Å². The predicted octanol–water partition coefficient (Wildman–Crippen LogP) is 3.32. The largest absolute Gasteiger partial charge is 0.493 e. The first-order chi connectivity index (χ1) is 13.7. The molecule has 28 heavy (non-hydrogen) atoms. The first-order valence-electron chi connectivity index (χ1n) is 9.22. The molecule has 0 spiro atoms. The minimum Gasteiger partial charge on any atom is -0.493 e. The molecule has 1 aliphatic carbocycles. The molecule has 1 atom stereocenters. The number of carbonyl (C=O) groups excluding carboxylic acids is 1. The fourth-order valence-corrected chi connectivity index (χ4v) is 4.67. The van der Waals surface area contributed by atoms with Gasteiger partial charge in [0.25, 0.3) is 0 Å². The average Bonchev–Trinajstić information content (AvgIpc) is 3.20. The molecule has 5 rings (SSSR count). The van der Waals surface area contributed by atoms with E-state index in [2.05, 4.69) is 0 Å². The summed E-state index contributed by atoms with van der Waals surface area (Å²) in [6.07, 6.45) is 1.08. The van der Waals surface area contributed by atoms with Gasteiger partial charge in [0, 0.05) is 17.7 Å². The molecule has 3 aliphatic rings. The number of nitrogens with zero attached hydrogens (tertiary/aromatic N) is 1. The van der Waals surface area contributed by atoms with E-state index in [4.69, 9.17) is 23.7 Å². The van der Waals surface area contributed by atoms with Gasteiger partial charge in [-0.05, 0) is 41.7 Å². The molecule has 0 unspecified atom stereocenters. The van der Waals surface area contributed by atoms with Crippen molar-refractivity contribution in [2.45, 2.75) is 18.9 Å². The van der Waals surface area contributed by atoms with Crippen LogP contribution >= 0.6 is 0 Å². The van der Waals surface area contributed by atoms with Crippen LogP contribution in [0.4, 0.5) is 4.79 Å². The van der Waals surface area contributed by atoms with E-state index in [0.29, 0.717) is 30.2 Å². The molecule has 146 valence electrons. The van der Waals surface area contributed by atoms with Gasteiger partial charge in [-0.1, -0.05) is 6.07 Å². The first-order valence-corrected chi connectivity index (χ1v) is 9.22. The maximum absolute atomic E-state index is 12.5. The van der Waals surface area contributed by atoms with Crippen molar-refractivity contribution in [3.8, 4) is 34.1 Å². The highest BCUT2D eigenvalue weighted by Crippen LogP contribution is 2.57. The third-order valence-electron chi connectivity index (χ3n) is 5.82. The van der Waals surface area contributed by atoms with Gasteiger partial charge in [0.2, 0.25) is 6.79 Å². The maximum Gasteiger partial charge on any atom is 0.410 e. The Balaban J connectivity index is 1.83. The molecule has 0 fully saturated rings. The quantitative estimate of drug-likeness (QED) is 0.793. The number of ether oxygens (including phenoxy) is 5. The van der Waals surface area contributed by atoms with Crippen molar-refractivity contribution in [1.29, 1.82) is 0 Å². The second-order valence-electron chi connectivity index (χ2n) is 7.03. The SMILES string of the molecule is COC(=O)N1CCc2cc3c(c4c2[C@@H]1Cc1ccc(OC)c(OC)c1-4)OCO3. The van der Waals surface area contributed by atoms with E-state index in [1.54, 1.807) is 19.1 Å². The van der Waals surface area contributed by atoms with E-state index < -0.39 is 0 Å². The highest BCUT2D eigenvalue weighted by Gasteiger charge is 2.42. The molecule has 0 aromatic heterocycles. The summed E-state index contributed by atoms with van der Waals surface area (Å²) >= 11 is 0.